The van der Waals surface area contributed by atoms with Crippen LogP contribution in [0.1, 0.15) is 5.56 Å². The molecule has 1 aromatic rings. The van der Waals surface area contributed by atoms with Crippen LogP contribution < -0.4 is 4.74 Å². The first-order valence-electron chi connectivity index (χ1n) is 3.02. The number of methoxy groups -OCH3 is 1. The van der Waals surface area contributed by atoms with Gasteiger partial charge in [-0.15, -0.1) is 11.6 Å². The van der Waals surface area contributed by atoms with Crippen LogP contribution in [0, 0.1) is 0 Å². The maximum atomic E-state index is 5.65. The van der Waals surface area contributed by atoms with E-state index in [4.69, 9.17) is 16.3 Å². The van der Waals surface area contributed by atoms with Crippen molar-refractivity contribution in [3.63, 3.8) is 0 Å². The van der Waals surface area contributed by atoms with Gasteiger partial charge in [0.05, 0.1) is 19.2 Å². The van der Waals surface area contributed by atoms with Crippen molar-refractivity contribution in [2.75, 3.05) is 7.11 Å². The molecule has 0 bridgehead atoms. The number of hydrogen-bond acceptors (Lipinski definition) is 2. The molecule has 0 amide bonds. The minimum atomic E-state index is 0.435. The molecule has 1 rings (SSSR count). The molecule has 0 saturated carbocycles. The van der Waals surface area contributed by atoms with E-state index in [0.29, 0.717) is 5.88 Å². The molecule has 0 radical (unpaired) electrons. The largest absolute Gasteiger partial charge is 0.495 e. The Kier molecular flexibility index (Phi) is 3.15. The molecular formula is C7H7BrClNO. The van der Waals surface area contributed by atoms with E-state index in [9.17, 15) is 0 Å². The van der Waals surface area contributed by atoms with Crippen LogP contribution in [0.25, 0.3) is 0 Å². The Balaban J connectivity index is 3.06. The van der Waals surface area contributed by atoms with Crippen molar-refractivity contribution in [1.82, 2.24) is 4.98 Å². The molecule has 1 heterocycles. The molecule has 0 atom stereocenters. The van der Waals surface area contributed by atoms with Crippen LogP contribution in [-0.4, -0.2) is 12.1 Å². The second-order valence-electron chi connectivity index (χ2n) is 1.95. The van der Waals surface area contributed by atoms with Gasteiger partial charge in [0.15, 0.2) is 0 Å². The maximum absolute atomic E-state index is 5.65. The Labute approximate surface area is 78.7 Å². The number of alkyl halides is 1. The third-order valence-corrected chi connectivity index (χ3v) is 2.00. The van der Waals surface area contributed by atoms with Crippen LogP contribution in [0.5, 0.6) is 5.75 Å². The highest BCUT2D eigenvalue weighted by Crippen LogP contribution is 2.21. The zero-order valence-corrected chi connectivity index (χ0v) is 8.32. The zero-order chi connectivity index (χ0) is 8.27. The maximum Gasteiger partial charge on any atom is 0.141 e. The van der Waals surface area contributed by atoms with Gasteiger partial charge in [-0.1, -0.05) is 0 Å². The molecule has 0 unspecified atom stereocenters. The number of pyridine rings is 1. The van der Waals surface area contributed by atoms with E-state index in [1.807, 2.05) is 6.07 Å². The quantitative estimate of drug-likeness (QED) is 0.582. The second kappa shape index (κ2) is 3.93. The number of hydrogen-bond donors (Lipinski definition) is 0. The van der Waals surface area contributed by atoms with Gasteiger partial charge in [0, 0.05) is 5.56 Å². The van der Waals surface area contributed by atoms with E-state index in [1.165, 1.54) is 0 Å². The molecule has 0 aliphatic carbocycles. The van der Waals surface area contributed by atoms with Gasteiger partial charge in [0.25, 0.3) is 0 Å². The van der Waals surface area contributed by atoms with Crippen LogP contribution in [-0.2, 0) is 5.88 Å². The summed E-state index contributed by atoms with van der Waals surface area (Å²) >= 11 is 8.90. The molecule has 60 valence electrons. The van der Waals surface area contributed by atoms with Gasteiger partial charge in [0.1, 0.15) is 10.4 Å². The minimum absolute atomic E-state index is 0.435. The van der Waals surface area contributed by atoms with E-state index in [1.54, 1.807) is 13.3 Å². The highest BCUT2D eigenvalue weighted by atomic mass is 79.9. The fraction of sp³-hybridized carbons (Fsp3) is 0.286. The summed E-state index contributed by atoms with van der Waals surface area (Å²) in [5.74, 6) is 1.16. The molecule has 0 aliphatic rings. The summed E-state index contributed by atoms with van der Waals surface area (Å²) in [7, 11) is 1.60. The van der Waals surface area contributed by atoms with Gasteiger partial charge in [-0.25, -0.2) is 4.98 Å². The third kappa shape index (κ3) is 2.07. The average Bonchev–Trinajstić information content (AvgIpc) is 2.04. The summed E-state index contributed by atoms with van der Waals surface area (Å²) in [6.45, 7) is 0. The molecule has 0 aliphatic heterocycles. The Morgan fingerprint density at radius 3 is 3.00 bits per heavy atom. The molecule has 2 nitrogen and oxygen atoms in total. The van der Waals surface area contributed by atoms with E-state index in [0.717, 1.165) is 15.9 Å². The predicted octanol–water partition coefficient (Wildman–Crippen LogP) is 2.59. The highest BCUT2D eigenvalue weighted by Gasteiger charge is 2.01. The summed E-state index contributed by atoms with van der Waals surface area (Å²) in [5.41, 5.74) is 0.941. The van der Waals surface area contributed by atoms with Crippen LogP contribution in [0.2, 0.25) is 0 Å². The molecule has 0 saturated heterocycles. The van der Waals surface area contributed by atoms with Crippen molar-refractivity contribution in [1.29, 1.82) is 0 Å². The Hall–Kier alpha value is -0.280. The van der Waals surface area contributed by atoms with Gasteiger partial charge >= 0.3 is 0 Å². The Morgan fingerprint density at radius 2 is 2.45 bits per heavy atom. The lowest BCUT2D eigenvalue weighted by atomic mass is 10.3. The van der Waals surface area contributed by atoms with Crippen LogP contribution in [0.4, 0.5) is 0 Å². The normalized spacial score (nSPS) is 9.73. The summed E-state index contributed by atoms with van der Waals surface area (Å²) < 4.78 is 5.80. The first-order valence-corrected chi connectivity index (χ1v) is 4.35. The van der Waals surface area contributed by atoms with Crippen molar-refractivity contribution in [3.8, 4) is 5.75 Å². The zero-order valence-electron chi connectivity index (χ0n) is 5.97. The first kappa shape index (κ1) is 8.81. The van der Waals surface area contributed by atoms with Crippen LogP contribution >= 0.6 is 27.5 Å². The summed E-state index contributed by atoms with van der Waals surface area (Å²) in [6.07, 6.45) is 1.64. The molecular weight excluding hydrogens is 229 g/mol. The fourth-order valence-corrected chi connectivity index (χ4v) is 1.33. The van der Waals surface area contributed by atoms with Crippen molar-refractivity contribution in [2.45, 2.75) is 5.88 Å². The van der Waals surface area contributed by atoms with Crippen LogP contribution in [0.15, 0.2) is 16.9 Å². The molecule has 0 spiro atoms. The minimum Gasteiger partial charge on any atom is -0.495 e. The molecule has 0 N–H and O–H groups in total. The first-order chi connectivity index (χ1) is 5.27. The highest BCUT2D eigenvalue weighted by molar-refractivity contribution is 9.10. The Bertz CT molecular complexity index is 254. The predicted molar refractivity (Wildman–Crippen MR) is 48.0 cm³/mol. The van der Waals surface area contributed by atoms with Gasteiger partial charge in [-0.05, 0) is 22.0 Å². The summed E-state index contributed by atoms with van der Waals surface area (Å²) in [5, 5.41) is 0. The number of aromatic nitrogens is 1. The number of ether oxygens (including phenoxy) is 1. The SMILES string of the molecule is COc1cnc(Br)cc1CCl. The van der Waals surface area contributed by atoms with Crippen LogP contribution in [0.3, 0.4) is 0 Å². The number of halogens is 2. The summed E-state index contributed by atoms with van der Waals surface area (Å²) in [6, 6.07) is 1.84. The third-order valence-electron chi connectivity index (χ3n) is 1.28. The number of nitrogens with zero attached hydrogens (tertiary/aromatic N) is 1. The molecule has 0 aromatic carbocycles. The second-order valence-corrected chi connectivity index (χ2v) is 3.03. The van der Waals surface area contributed by atoms with E-state index in [-0.39, 0.29) is 0 Å². The fourth-order valence-electron chi connectivity index (χ4n) is 0.744. The van der Waals surface area contributed by atoms with E-state index >= 15 is 0 Å². The lowest BCUT2D eigenvalue weighted by Crippen LogP contribution is -1.90. The van der Waals surface area contributed by atoms with Crippen molar-refractivity contribution in [2.24, 2.45) is 0 Å². The van der Waals surface area contributed by atoms with Crippen molar-refractivity contribution >= 4 is 27.5 Å². The van der Waals surface area contributed by atoms with Gasteiger partial charge < -0.3 is 4.74 Å². The van der Waals surface area contributed by atoms with Gasteiger partial charge in [-0.2, -0.15) is 0 Å². The lowest BCUT2D eigenvalue weighted by molar-refractivity contribution is 0.409. The van der Waals surface area contributed by atoms with Crippen molar-refractivity contribution in [3.05, 3.63) is 22.4 Å². The summed E-state index contributed by atoms with van der Waals surface area (Å²) in [4.78, 5) is 3.99. The van der Waals surface area contributed by atoms with E-state index in [2.05, 4.69) is 20.9 Å². The molecule has 0 fully saturated rings. The molecule has 1 aromatic heterocycles. The van der Waals surface area contributed by atoms with Crippen molar-refractivity contribution < 1.29 is 4.74 Å². The topological polar surface area (TPSA) is 22.1 Å². The van der Waals surface area contributed by atoms with Gasteiger partial charge in [0.2, 0.25) is 0 Å². The van der Waals surface area contributed by atoms with Gasteiger partial charge in [-0.3, -0.25) is 0 Å². The monoisotopic (exact) mass is 235 g/mol. The lowest BCUT2D eigenvalue weighted by Gasteiger charge is -2.03. The number of rotatable bonds is 2. The smallest absolute Gasteiger partial charge is 0.141 e. The molecule has 11 heavy (non-hydrogen) atoms. The van der Waals surface area contributed by atoms with E-state index < -0.39 is 0 Å². The molecule has 4 heteroatoms. The Morgan fingerprint density at radius 1 is 1.73 bits per heavy atom. The standard InChI is InChI=1S/C7H7BrClNO/c1-11-6-4-10-7(8)2-5(6)3-9/h2,4H,3H2,1H3. The average molecular weight is 236 g/mol.